The van der Waals surface area contributed by atoms with Gasteiger partial charge in [-0.2, -0.15) is 0 Å². The Kier molecular flexibility index (Phi) is 6.23. The predicted octanol–water partition coefficient (Wildman–Crippen LogP) is 2.97. The van der Waals surface area contributed by atoms with Crippen molar-refractivity contribution in [1.82, 2.24) is 5.32 Å². The van der Waals surface area contributed by atoms with E-state index in [2.05, 4.69) is 19.2 Å². The number of nitrogens with one attached hydrogen (secondary N) is 1. The van der Waals surface area contributed by atoms with Crippen molar-refractivity contribution in [3.63, 3.8) is 0 Å². The van der Waals surface area contributed by atoms with E-state index in [9.17, 15) is 19.8 Å². The second-order valence-corrected chi connectivity index (χ2v) is 7.13. The van der Waals surface area contributed by atoms with Crippen LogP contribution in [0, 0.1) is 17.8 Å². The molecule has 5 nitrogen and oxygen atoms in total. The van der Waals surface area contributed by atoms with Crippen molar-refractivity contribution in [3.05, 3.63) is 29.8 Å². The van der Waals surface area contributed by atoms with Crippen LogP contribution in [-0.4, -0.2) is 28.1 Å². The number of carboxylic acids is 1. The van der Waals surface area contributed by atoms with Crippen LogP contribution in [0.1, 0.15) is 45.1 Å². The molecular formula is C19H27NO4. The minimum atomic E-state index is -1.03. The average molecular weight is 333 g/mol. The summed E-state index contributed by atoms with van der Waals surface area (Å²) in [5.41, 5.74) is 0.768. The number of carboxylic acid groups (broad SMARTS) is 1. The zero-order valence-corrected chi connectivity index (χ0v) is 14.4. The molecule has 132 valence electrons. The lowest BCUT2D eigenvalue weighted by Crippen LogP contribution is -2.45. The van der Waals surface area contributed by atoms with Crippen molar-refractivity contribution in [2.45, 2.75) is 52.0 Å². The molecule has 0 unspecified atom stereocenters. The minimum Gasteiger partial charge on any atom is -0.508 e. The normalized spacial score (nSPS) is 22.1. The molecule has 24 heavy (non-hydrogen) atoms. The van der Waals surface area contributed by atoms with Crippen LogP contribution >= 0.6 is 0 Å². The summed E-state index contributed by atoms with van der Waals surface area (Å²) in [5.74, 6) is 0.172. The Hall–Kier alpha value is -2.04. The molecular weight excluding hydrogens is 306 g/mol. The molecule has 1 aliphatic rings. The maximum atomic E-state index is 12.4. The van der Waals surface area contributed by atoms with Crippen LogP contribution in [0.4, 0.5) is 0 Å². The smallest absolute Gasteiger partial charge is 0.326 e. The molecule has 0 heterocycles. The number of rotatable bonds is 6. The highest BCUT2D eigenvalue weighted by atomic mass is 16.4. The minimum absolute atomic E-state index is 0.0818. The van der Waals surface area contributed by atoms with Crippen LogP contribution in [0.25, 0.3) is 0 Å². The Morgan fingerprint density at radius 1 is 1.12 bits per heavy atom. The molecule has 5 heteroatoms. The quantitative estimate of drug-likeness (QED) is 0.747. The Balaban J connectivity index is 1.92. The number of carbonyl (C=O) groups excluding carboxylic acids is 1. The summed E-state index contributed by atoms with van der Waals surface area (Å²) < 4.78 is 0. The molecule has 0 aliphatic heterocycles. The van der Waals surface area contributed by atoms with Crippen molar-refractivity contribution in [3.8, 4) is 5.75 Å². The zero-order chi connectivity index (χ0) is 17.7. The third-order valence-corrected chi connectivity index (χ3v) is 5.08. The number of hydrogen-bond donors (Lipinski definition) is 3. The first kappa shape index (κ1) is 18.3. The van der Waals surface area contributed by atoms with Gasteiger partial charge >= 0.3 is 5.97 Å². The second-order valence-electron chi connectivity index (χ2n) is 7.13. The number of aromatic hydroxyl groups is 1. The molecule has 0 bridgehead atoms. The number of aliphatic carboxylic acids is 1. The fourth-order valence-electron chi connectivity index (χ4n) is 3.41. The van der Waals surface area contributed by atoms with E-state index in [0.717, 1.165) is 31.2 Å². The number of phenolic OH excluding ortho intramolecular Hbond substituents is 1. The van der Waals surface area contributed by atoms with E-state index in [0.29, 0.717) is 11.8 Å². The van der Waals surface area contributed by atoms with Gasteiger partial charge in [-0.25, -0.2) is 4.79 Å². The maximum Gasteiger partial charge on any atom is 0.326 e. The summed E-state index contributed by atoms with van der Waals surface area (Å²) in [6.07, 6.45) is 3.94. The molecule has 1 aliphatic carbocycles. The van der Waals surface area contributed by atoms with Crippen molar-refractivity contribution in [1.29, 1.82) is 0 Å². The SMILES string of the molecule is CC(C)C1CCC(C(=O)N[C@@H](Cc2ccc(O)cc2)C(=O)O)CC1. The van der Waals surface area contributed by atoms with Gasteiger partial charge in [0.15, 0.2) is 0 Å². The Bertz CT molecular complexity index is 559. The van der Waals surface area contributed by atoms with Crippen LogP contribution in [0.2, 0.25) is 0 Å². The molecule has 0 radical (unpaired) electrons. The monoisotopic (exact) mass is 333 g/mol. The molecule has 1 atom stereocenters. The first-order chi connectivity index (χ1) is 11.4. The summed E-state index contributed by atoms with van der Waals surface area (Å²) in [7, 11) is 0. The first-order valence-corrected chi connectivity index (χ1v) is 8.68. The number of phenols is 1. The van der Waals surface area contributed by atoms with Gasteiger partial charge in [0.25, 0.3) is 0 Å². The van der Waals surface area contributed by atoms with E-state index in [1.807, 2.05) is 0 Å². The van der Waals surface area contributed by atoms with Gasteiger partial charge in [0.2, 0.25) is 5.91 Å². The van der Waals surface area contributed by atoms with Gasteiger partial charge < -0.3 is 15.5 Å². The van der Waals surface area contributed by atoms with Gasteiger partial charge in [-0.1, -0.05) is 26.0 Å². The second kappa shape index (κ2) is 8.18. The molecule has 0 aromatic heterocycles. The van der Waals surface area contributed by atoms with Crippen LogP contribution in [0.15, 0.2) is 24.3 Å². The first-order valence-electron chi connectivity index (χ1n) is 8.68. The third-order valence-electron chi connectivity index (χ3n) is 5.08. The highest BCUT2D eigenvalue weighted by Gasteiger charge is 2.30. The molecule has 2 rings (SSSR count). The number of hydrogen-bond acceptors (Lipinski definition) is 3. The summed E-state index contributed by atoms with van der Waals surface area (Å²) >= 11 is 0. The summed E-state index contributed by atoms with van der Waals surface area (Å²) in [6.45, 7) is 4.42. The van der Waals surface area contributed by atoms with E-state index < -0.39 is 12.0 Å². The van der Waals surface area contributed by atoms with Gasteiger partial charge in [-0.3, -0.25) is 4.79 Å². The molecule has 1 amide bonds. The Morgan fingerprint density at radius 2 is 1.71 bits per heavy atom. The molecule has 1 saturated carbocycles. The molecule has 0 saturated heterocycles. The fourth-order valence-corrected chi connectivity index (χ4v) is 3.41. The van der Waals surface area contributed by atoms with Gasteiger partial charge in [0.05, 0.1) is 0 Å². The Morgan fingerprint density at radius 3 is 2.21 bits per heavy atom. The lowest BCUT2D eigenvalue weighted by Gasteiger charge is -2.30. The number of benzene rings is 1. The third kappa shape index (κ3) is 4.98. The fraction of sp³-hybridized carbons (Fsp3) is 0.579. The van der Waals surface area contributed by atoms with E-state index >= 15 is 0 Å². The van der Waals surface area contributed by atoms with Crippen LogP contribution in [0.5, 0.6) is 5.75 Å². The molecule has 1 aromatic carbocycles. The van der Waals surface area contributed by atoms with Crippen molar-refractivity contribution in [2.24, 2.45) is 17.8 Å². The molecule has 1 aromatic rings. The number of carbonyl (C=O) groups is 2. The highest BCUT2D eigenvalue weighted by Crippen LogP contribution is 2.33. The lowest BCUT2D eigenvalue weighted by atomic mass is 9.76. The summed E-state index contributed by atoms with van der Waals surface area (Å²) in [4.78, 5) is 23.9. The summed E-state index contributed by atoms with van der Waals surface area (Å²) in [5, 5.41) is 21.4. The predicted molar refractivity (Wildman–Crippen MR) is 91.7 cm³/mol. The molecule has 1 fully saturated rings. The van der Waals surface area contributed by atoms with Gasteiger partial charge in [0.1, 0.15) is 11.8 Å². The van der Waals surface area contributed by atoms with Crippen molar-refractivity contribution < 1.29 is 19.8 Å². The number of amides is 1. The van der Waals surface area contributed by atoms with Crippen LogP contribution in [0.3, 0.4) is 0 Å². The van der Waals surface area contributed by atoms with E-state index in [4.69, 9.17) is 0 Å². The van der Waals surface area contributed by atoms with Crippen molar-refractivity contribution in [2.75, 3.05) is 0 Å². The van der Waals surface area contributed by atoms with Gasteiger partial charge in [-0.05, 0) is 55.2 Å². The van der Waals surface area contributed by atoms with Gasteiger partial charge in [0, 0.05) is 12.3 Å². The van der Waals surface area contributed by atoms with E-state index in [-0.39, 0.29) is 24.0 Å². The Labute approximate surface area is 143 Å². The molecule has 3 N–H and O–H groups in total. The topological polar surface area (TPSA) is 86.6 Å². The highest BCUT2D eigenvalue weighted by molar-refractivity contribution is 5.85. The van der Waals surface area contributed by atoms with Crippen molar-refractivity contribution >= 4 is 11.9 Å². The average Bonchev–Trinajstić information content (AvgIpc) is 2.56. The maximum absolute atomic E-state index is 12.4. The largest absolute Gasteiger partial charge is 0.508 e. The zero-order valence-electron chi connectivity index (χ0n) is 14.4. The van der Waals surface area contributed by atoms with E-state index in [1.54, 1.807) is 12.1 Å². The van der Waals surface area contributed by atoms with Crippen LogP contribution < -0.4 is 5.32 Å². The van der Waals surface area contributed by atoms with Gasteiger partial charge in [-0.15, -0.1) is 0 Å². The van der Waals surface area contributed by atoms with Crippen LogP contribution in [-0.2, 0) is 16.0 Å². The summed E-state index contributed by atoms with van der Waals surface area (Å²) in [6, 6.07) is 5.44. The molecule has 0 spiro atoms. The standard InChI is InChI=1S/C19H27NO4/c1-12(2)14-5-7-15(8-6-14)18(22)20-17(19(23)24)11-13-3-9-16(21)10-4-13/h3-4,9-10,12,14-15,17,21H,5-8,11H2,1-2H3,(H,20,22)(H,23,24)/t14?,15?,17-/m0/s1. The van der Waals surface area contributed by atoms with E-state index in [1.165, 1.54) is 12.1 Å². The lowest BCUT2D eigenvalue weighted by molar-refractivity contribution is -0.142.